The van der Waals surface area contributed by atoms with E-state index in [2.05, 4.69) is 10.2 Å². The molecule has 1 fully saturated rings. The van der Waals surface area contributed by atoms with Crippen LogP contribution in [0.25, 0.3) is 0 Å². The van der Waals surface area contributed by atoms with Gasteiger partial charge in [0, 0.05) is 6.04 Å². The Balaban J connectivity index is 2.38. The highest BCUT2D eigenvalue weighted by atomic mass is 16.3. The van der Waals surface area contributed by atoms with Crippen molar-refractivity contribution < 1.29 is 5.11 Å². The zero-order valence-corrected chi connectivity index (χ0v) is 6.49. The van der Waals surface area contributed by atoms with Crippen LogP contribution >= 0.6 is 0 Å². The Labute approximate surface area is 64.9 Å². The topological polar surface area (TPSA) is 50.9 Å². The van der Waals surface area contributed by atoms with Gasteiger partial charge in [-0.15, -0.1) is 10.2 Å². The molecular formula is C7H11N3O. The van der Waals surface area contributed by atoms with Crippen LogP contribution in [0.5, 0.6) is 0 Å². The van der Waals surface area contributed by atoms with E-state index in [4.69, 9.17) is 5.11 Å². The minimum Gasteiger partial charge on any atom is -0.388 e. The fraction of sp³-hybridized carbons (Fsp3) is 0.714. The number of rotatable bonds is 2. The van der Waals surface area contributed by atoms with Crippen molar-refractivity contribution in [2.75, 3.05) is 0 Å². The molecule has 2 rings (SSSR count). The van der Waals surface area contributed by atoms with Crippen LogP contribution < -0.4 is 0 Å². The maximum Gasteiger partial charge on any atom is 0.159 e. The molecule has 1 N–H and O–H groups in total. The summed E-state index contributed by atoms with van der Waals surface area (Å²) in [6, 6.07) is 0.562. The van der Waals surface area contributed by atoms with E-state index in [1.165, 1.54) is 12.8 Å². The lowest BCUT2D eigenvalue weighted by atomic mass is 10.5. The number of hydrogen-bond donors (Lipinski definition) is 1. The summed E-state index contributed by atoms with van der Waals surface area (Å²) in [5, 5.41) is 16.6. The molecule has 0 bridgehead atoms. The van der Waals surface area contributed by atoms with Gasteiger partial charge in [-0.25, -0.2) is 0 Å². The summed E-state index contributed by atoms with van der Waals surface area (Å²) in [7, 11) is 0. The summed E-state index contributed by atoms with van der Waals surface area (Å²) >= 11 is 0. The molecule has 0 aromatic carbocycles. The zero-order valence-electron chi connectivity index (χ0n) is 6.49. The van der Waals surface area contributed by atoms with Gasteiger partial charge in [-0.2, -0.15) is 0 Å². The van der Waals surface area contributed by atoms with Crippen LogP contribution in [-0.2, 0) is 6.61 Å². The molecule has 1 aliphatic carbocycles. The van der Waals surface area contributed by atoms with E-state index in [-0.39, 0.29) is 6.61 Å². The van der Waals surface area contributed by atoms with Gasteiger partial charge in [0.15, 0.2) is 5.82 Å². The molecule has 0 unspecified atom stereocenters. The molecule has 60 valence electrons. The van der Waals surface area contributed by atoms with E-state index < -0.39 is 0 Å². The normalized spacial score (nSPS) is 17.3. The second-order valence-corrected chi connectivity index (χ2v) is 2.92. The molecule has 0 atom stereocenters. The first-order chi connectivity index (χ1) is 5.33. The molecule has 4 nitrogen and oxygen atoms in total. The lowest BCUT2D eigenvalue weighted by Gasteiger charge is -2.02. The van der Waals surface area contributed by atoms with Crippen molar-refractivity contribution in [3.8, 4) is 0 Å². The highest BCUT2D eigenvalue weighted by molar-refractivity contribution is 5.00. The summed E-state index contributed by atoms with van der Waals surface area (Å²) in [5.74, 6) is 1.61. The Kier molecular flexibility index (Phi) is 1.42. The Morgan fingerprint density at radius 3 is 2.82 bits per heavy atom. The van der Waals surface area contributed by atoms with Crippen molar-refractivity contribution in [2.24, 2.45) is 0 Å². The first kappa shape index (κ1) is 6.79. The summed E-state index contributed by atoms with van der Waals surface area (Å²) < 4.78 is 2.03. The Bertz CT molecular complexity index is 265. The largest absolute Gasteiger partial charge is 0.388 e. The van der Waals surface area contributed by atoms with Gasteiger partial charge in [-0.1, -0.05) is 0 Å². The molecule has 1 aromatic heterocycles. The lowest BCUT2D eigenvalue weighted by molar-refractivity contribution is 0.264. The predicted octanol–water partition coefficient (Wildman–Crippen LogP) is 0.414. The average molecular weight is 153 g/mol. The van der Waals surface area contributed by atoms with Crippen molar-refractivity contribution in [3.63, 3.8) is 0 Å². The Hall–Kier alpha value is -0.900. The van der Waals surface area contributed by atoms with E-state index in [9.17, 15) is 0 Å². The van der Waals surface area contributed by atoms with Crippen LogP contribution in [0.15, 0.2) is 0 Å². The molecule has 0 spiro atoms. The Morgan fingerprint density at radius 2 is 2.27 bits per heavy atom. The van der Waals surface area contributed by atoms with Crippen LogP contribution in [0.1, 0.15) is 30.5 Å². The Morgan fingerprint density at radius 1 is 1.55 bits per heavy atom. The molecule has 0 radical (unpaired) electrons. The number of aliphatic hydroxyl groups is 1. The fourth-order valence-corrected chi connectivity index (χ4v) is 1.33. The summed E-state index contributed by atoms with van der Waals surface area (Å²) in [5.41, 5.74) is 0. The molecule has 1 aliphatic rings. The van der Waals surface area contributed by atoms with Crippen molar-refractivity contribution in [1.82, 2.24) is 14.8 Å². The third-order valence-corrected chi connectivity index (χ3v) is 1.99. The van der Waals surface area contributed by atoms with E-state index in [0.29, 0.717) is 11.9 Å². The highest BCUT2D eigenvalue weighted by Crippen LogP contribution is 2.36. The van der Waals surface area contributed by atoms with Gasteiger partial charge in [0.25, 0.3) is 0 Å². The smallest absolute Gasteiger partial charge is 0.159 e. The summed E-state index contributed by atoms with van der Waals surface area (Å²) in [6.07, 6.45) is 2.40. The number of nitrogens with zero attached hydrogens (tertiary/aromatic N) is 3. The highest BCUT2D eigenvalue weighted by Gasteiger charge is 2.27. The van der Waals surface area contributed by atoms with E-state index >= 15 is 0 Å². The molecular weight excluding hydrogens is 142 g/mol. The van der Waals surface area contributed by atoms with Crippen molar-refractivity contribution in [2.45, 2.75) is 32.4 Å². The van der Waals surface area contributed by atoms with Crippen molar-refractivity contribution >= 4 is 0 Å². The van der Waals surface area contributed by atoms with E-state index in [1.54, 1.807) is 0 Å². The molecule has 1 saturated carbocycles. The standard InChI is InChI=1S/C7H11N3O/c1-5-8-9-7(4-11)10(5)6-2-3-6/h6,11H,2-4H2,1H3. The second-order valence-electron chi connectivity index (χ2n) is 2.92. The minimum atomic E-state index is -0.00264. The predicted molar refractivity (Wildman–Crippen MR) is 39.0 cm³/mol. The summed E-state index contributed by atoms with van der Waals surface area (Å²) in [6.45, 7) is 1.92. The van der Waals surface area contributed by atoms with Crippen LogP contribution in [0.3, 0.4) is 0 Å². The average Bonchev–Trinajstić information content (AvgIpc) is 2.76. The van der Waals surface area contributed by atoms with Crippen LogP contribution in [-0.4, -0.2) is 19.9 Å². The number of aryl methyl sites for hydroxylation is 1. The first-order valence-electron chi connectivity index (χ1n) is 3.84. The molecule has 4 heteroatoms. The van der Waals surface area contributed by atoms with Gasteiger partial charge in [-0.3, -0.25) is 0 Å². The van der Waals surface area contributed by atoms with E-state index in [0.717, 1.165) is 5.82 Å². The second kappa shape index (κ2) is 2.30. The third kappa shape index (κ3) is 1.03. The number of aliphatic hydroxyl groups excluding tert-OH is 1. The minimum absolute atomic E-state index is 0.00264. The SMILES string of the molecule is Cc1nnc(CO)n1C1CC1. The van der Waals surface area contributed by atoms with Crippen LogP contribution in [0.2, 0.25) is 0 Å². The quantitative estimate of drug-likeness (QED) is 0.669. The third-order valence-electron chi connectivity index (χ3n) is 1.99. The van der Waals surface area contributed by atoms with Crippen LogP contribution in [0, 0.1) is 6.92 Å². The monoisotopic (exact) mass is 153 g/mol. The lowest BCUT2D eigenvalue weighted by Crippen LogP contribution is -2.02. The van der Waals surface area contributed by atoms with Gasteiger partial charge < -0.3 is 9.67 Å². The van der Waals surface area contributed by atoms with Gasteiger partial charge in [-0.05, 0) is 19.8 Å². The molecule has 0 amide bonds. The maximum atomic E-state index is 8.89. The maximum absolute atomic E-state index is 8.89. The molecule has 11 heavy (non-hydrogen) atoms. The molecule has 0 saturated heterocycles. The van der Waals surface area contributed by atoms with Gasteiger partial charge >= 0.3 is 0 Å². The fourth-order valence-electron chi connectivity index (χ4n) is 1.33. The molecule has 1 aromatic rings. The first-order valence-corrected chi connectivity index (χ1v) is 3.84. The summed E-state index contributed by atoms with van der Waals surface area (Å²) in [4.78, 5) is 0. The van der Waals surface area contributed by atoms with Gasteiger partial charge in [0.05, 0.1) is 0 Å². The van der Waals surface area contributed by atoms with Crippen molar-refractivity contribution in [1.29, 1.82) is 0 Å². The van der Waals surface area contributed by atoms with Crippen LogP contribution in [0.4, 0.5) is 0 Å². The molecule has 1 heterocycles. The van der Waals surface area contributed by atoms with E-state index in [1.807, 2.05) is 11.5 Å². The van der Waals surface area contributed by atoms with Crippen molar-refractivity contribution in [3.05, 3.63) is 11.6 Å². The number of aromatic nitrogens is 3. The van der Waals surface area contributed by atoms with Gasteiger partial charge in [0.2, 0.25) is 0 Å². The zero-order chi connectivity index (χ0) is 7.84. The molecule has 0 aliphatic heterocycles. The van der Waals surface area contributed by atoms with Gasteiger partial charge in [0.1, 0.15) is 12.4 Å². The number of hydrogen-bond acceptors (Lipinski definition) is 3.